The van der Waals surface area contributed by atoms with E-state index >= 15 is 0 Å². The van der Waals surface area contributed by atoms with E-state index in [1.54, 1.807) is 31.5 Å². The van der Waals surface area contributed by atoms with E-state index in [0.29, 0.717) is 22.5 Å². The van der Waals surface area contributed by atoms with Gasteiger partial charge in [-0.1, -0.05) is 18.5 Å². The number of hydrogen-bond acceptors (Lipinski definition) is 4. The zero-order valence-corrected chi connectivity index (χ0v) is 15.9. The monoisotopic (exact) mass is 373 g/mol. The Morgan fingerprint density at radius 3 is 2.77 bits per heavy atom. The number of benzene rings is 1. The molecule has 1 N–H and O–H groups in total. The molecule has 1 aromatic heterocycles. The second kappa shape index (κ2) is 8.41. The third-order valence-corrected chi connectivity index (χ3v) is 5.08. The van der Waals surface area contributed by atoms with Gasteiger partial charge >= 0.3 is 0 Å². The van der Waals surface area contributed by atoms with Crippen molar-refractivity contribution in [2.75, 3.05) is 19.0 Å². The average molecular weight is 374 g/mol. The van der Waals surface area contributed by atoms with Crippen molar-refractivity contribution in [2.45, 2.75) is 38.6 Å². The lowest BCUT2D eigenvalue weighted by atomic mass is 9.99. The van der Waals surface area contributed by atoms with Gasteiger partial charge in [0, 0.05) is 18.3 Å². The second-order valence-electron chi connectivity index (χ2n) is 6.46. The maximum Gasteiger partial charge on any atom is 0.272 e. The van der Waals surface area contributed by atoms with Crippen molar-refractivity contribution < 1.29 is 9.53 Å². The van der Waals surface area contributed by atoms with Gasteiger partial charge in [0.25, 0.3) is 5.91 Å². The summed E-state index contributed by atoms with van der Waals surface area (Å²) in [5, 5.41) is 3.77. The number of piperidine rings is 1. The molecular weight excluding hydrogens is 350 g/mol. The van der Waals surface area contributed by atoms with E-state index in [4.69, 9.17) is 16.3 Å². The fourth-order valence-electron chi connectivity index (χ4n) is 3.34. The molecule has 0 aliphatic carbocycles. The Labute approximate surface area is 159 Å². The smallest absolute Gasteiger partial charge is 0.272 e. The van der Waals surface area contributed by atoms with Crippen LogP contribution in [0, 0.1) is 0 Å². The number of nitrogens with zero attached hydrogens (tertiary/aromatic N) is 2. The van der Waals surface area contributed by atoms with Crippen molar-refractivity contribution in [3.05, 3.63) is 47.2 Å². The SMILES string of the molecule is CCC1CCCCN1C(=O)c1ccc(Nc2ccc(OC)c(Cl)c2)cn1. The van der Waals surface area contributed by atoms with Crippen LogP contribution in [0.25, 0.3) is 0 Å². The highest BCUT2D eigenvalue weighted by molar-refractivity contribution is 6.32. The number of carbonyl (C=O) groups excluding carboxylic acids is 1. The van der Waals surface area contributed by atoms with Crippen LogP contribution in [-0.4, -0.2) is 35.5 Å². The number of hydrogen-bond donors (Lipinski definition) is 1. The van der Waals surface area contributed by atoms with Crippen LogP contribution in [0.1, 0.15) is 43.1 Å². The fourth-order valence-corrected chi connectivity index (χ4v) is 3.60. The molecule has 1 aliphatic heterocycles. The summed E-state index contributed by atoms with van der Waals surface area (Å²) in [6, 6.07) is 9.44. The van der Waals surface area contributed by atoms with Crippen LogP contribution in [0.3, 0.4) is 0 Å². The molecule has 138 valence electrons. The molecule has 0 saturated carbocycles. The Kier molecular flexibility index (Phi) is 5.99. The van der Waals surface area contributed by atoms with E-state index in [1.165, 1.54) is 6.42 Å². The van der Waals surface area contributed by atoms with Gasteiger partial charge in [0.05, 0.1) is 24.0 Å². The summed E-state index contributed by atoms with van der Waals surface area (Å²) in [4.78, 5) is 19.1. The van der Waals surface area contributed by atoms with Crippen LogP contribution >= 0.6 is 11.6 Å². The van der Waals surface area contributed by atoms with E-state index in [0.717, 1.165) is 37.2 Å². The van der Waals surface area contributed by atoms with Gasteiger partial charge in [-0.2, -0.15) is 0 Å². The molecule has 1 saturated heterocycles. The summed E-state index contributed by atoms with van der Waals surface area (Å²) in [5.41, 5.74) is 2.12. The molecule has 6 heteroatoms. The van der Waals surface area contributed by atoms with E-state index in [9.17, 15) is 4.79 Å². The topological polar surface area (TPSA) is 54.5 Å². The number of anilines is 2. The number of aromatic nitrogens is 1. The van der Waals surface area contributed by atoms with Gasteiger partial charge in [-0.15, -0.1) is 0 Å². The average Bonchev–Trinajstić information content (AvgIpc) is 2.68. The predicted octanol–water partition coefficient (Wildman–Crippen LogP) is 4.89. The van der Waals surface area contributed by atoms with Crippen molar-refractivity contribution in [1.29, 1.82) is 0 Å². The Morgan fingerprint density at radius 2 is 2.12 bits per heavy atom. The highest BCUT2D eigenvalue weighted by Crippen LogP contribution is 2.29. The number of amides is 1. The molecule has 0 spiro atoms. The molecule has 0 radical (unpaired) electrons. The Balaban J connectivity index is 1.70. The second-order valence-corrected chi connectivity index (χ2v) is 6.87. The number of methoxy groups -OCH3 is 1. The number of likely N-dealkylation sites (tertiary alicyclic amines) is 1. The van der Waals surface area contributed by atoms with Gasteiger partial charge in [-0.25, -0.2) is 4.98 Å². The Morgan fingerprint density at radius 1 is 1.31 bits per heavy atom. The molecule has 2 heterocycles. The zero-order valence-electron chi connectivity index (χ0n) is 15.2. The Hall–Kier alpha value is -2.27. The van der Waals surface area contributed by atoms with E-state index < -0.39 is 0 Å². The molecule has 1 amide bonds. The molecule has 2 aromatic rings. The van der Waals surface area contributed by atoms with Gasteiger partial charge in [-0.05, 0) is 56.0 Å². The van der Waals surface area contributed by atoms with Crippen molar-refractivity contribution in [3.8, 4) is 5.75 Å². The van der Waals surface area contributed by atoms with Crippen molar-refractivity contribution >= 4 is 28.9 Å². The van der Waals surface area contributed by atoms with Crippen molar-refractivity contribution in [3.63, 3.8) is 0 Å². The minimum absolute atomic E-state index is 0.0237. The van der Waals surface area contributed by atoms with Gasteiger partial charge in [0.15, 0.2) is 0 Å². The summed E-state index contributed by atoms with van der Waals surface area (Å²) in [7, 11) is 1.58. The van der Waals surface area contributed by atoms with Crippen LogP contribution in [0.2, 0.25) is 5.02 Å². The standard InChI is InChI=1S/C20H24ClN3O2/c1-3-16-6-4-5-11-24(16)20(25)18-9-7-15(13-22-18)23-14-8-10-19(26-2)17(21)12-14/h7-10,12-13,16,23H,3-6,11H2,1-2H3. The summed E-state index contributed by atoms with van der Waals surface area (Å²) in [6.45, 7) is 2.96. The lowest BCUT2D eigenvalue weighted by molar-refractivity contribution is 0.0602. The molecule has 26 heavy (non-hydrogen) atoms. The molecule has 1 aromatic carbocycles. The first-order valence-electron chi connectivity index (χ1n) is 9.00. The van der Waals surface area contributed by atoms with Crippen molar-refractivity contribution in [1.82, 2.24) is 9.88 Å². The summed E-state index contributed by atoms with van der Waals surface area (Å²) in [6.07, 6.45) is 6.02. The molecule has 0 bridgehead atoms. The first kappa shape index (κ1) is 18.5. The third kappa shape index (κ3) is 4.10. The fraction of sp³-hybridized carbons (Fsp3) is 0.400. The van der Waals surface area contributed by atoms with Crippen molar-refractivity contribution in [2.24, 2.45) is 0 Å². The highest BCUT2D eigenvalue weighted by Gasteiger charge is 2.26. The highest BCUT2D eigenvalue weighted by atomic mass is 35.5. The summed E-state index contributed by atoms with van der Waals surface area (Å²) < 4.78 is 5.15. The van der Waals surface area contributed by atoms with Gasteiger partial charge < -0.3 is 15.0 Å². The number of nitrogens with one attached hydrogen (secondary N) is 1. The van der Waals surface area contributed by atoms with Crippen LogP contribution in [-0.2, 0) is 0 Å². The lowest BCUT2D eigenvalue weighted by Crippen LogP contribution is -2.43. The molecule has 5 nitrogen and oxygen atoms in total. The number of rotatable bonds is 5. The summed E-state index contributed by atoms with van der Waals surface area (Å²) in [5.74, 6) is 0.652. The van der Waals surface area contributed by atoms with Gasteiger partial charge in [-0.3, -0.25) is 4.79 Å². The molecule has 3 rings (SSSR count). The number of pyridine rings is 1. The van der Waals surface area contributed by atoms with Crippen LogP contribution in [0.5, 0.6) is 5.75 Å². The van der Waals surface area contributed by atoms with E-state index in [-0.39, 0.29) is 5.91 Å². The minimum Gasteiger partial charge on any atom is -0.495 e. The largest absolute Gasteiger partial charge is 0.495 e. The predicted molar refractivity (Wildman–Crippen MR) is 104 cm³/mol. The van der Waals surface area contributed by atoms with E-state index in [2.05, 4.69) is 17.2 Å². The van der Waals surface area contributed by atoms with Crippen LogP contribution in [0.4, 0.5) is 11.4 Å². The third-order valence-electron chi connectivity index (χ3n) is 4.78. The van der Waals surface area contributed by atoms with Crippen LogP contribution in [0.15, 0.2) is 36.5 Å². The first-order valence-corrected chi connectivity index (χ1v) is 9.37. The molecule has 1 atom stereocenters. The molecule has 1 unspecified atom stereocenters. The number of ether oxygens (including phenoxy) is 1. The Bertz CT molecular complexity index is 764. The first-order chi connectivity index (χ1) is 12.6. The zero-order chi connectivity index (χ0) is 18.5. The molecule has 1 fully saturated rings. The maximum absolute atomic E-state index is 12.8. The molecular formula is C20H24ClN3O2. The van der Waals surface area contributed by atoms with E-state index in [1.807, 2.05) is 17.0 Å². The minimum atomic E-state index is 0.0237. The lowest BCUT2D eigenvalue weighted by Gasteiger charge is -2.35. The normalized spacial score (nSPS) is 17.0. The summed E-state index contributed by atoms with van der Waals surface area (Å²) >= 11 is 6.15. The molecule has 1 aliphatic rings. The van der Waals surface area contributed by atoms with Gasteiger partial charge in [0.1, 0.15) is 11.4 Å². The van der Waals surface area contributed by atoms with Crippen LogP contribution < -0.4 is 10.1 Å². The quantitative estimate of drug-likeness (QED) is 0.810. The number of halogens is 1. The maximum atomic E-state index is 12.8. The van der Waals surface area contributed by atoms with Gasteiger partial charge in [0.2, 0.25) is 0 Å². The number of carbonyl (C=O) groups is 1.